The lowest BCUT2D eigenvalue weighted by atomic mass is 9.86. The molecule has 1 aromatic carbocycles. The highest BCUT2D eigenvalue weighted by molar-refractivity contribution is 7.99. The molecule has 0 saturated carbocycles. The molecular formula is C24H33N5O4S. The second-order valence-electron chi connectivity index (χ2n) is 9.21. The summed E-state index contributed by atoms with van der Waals surface area (Å²) in [6.45, 7) is 9.06. The lowest BCUT2D eigenvalue weighted by Crippen LogP contribution is -2.64. The van der Waals surface area contributed by atoms with E-state index >= 15 is 0 Å². The Hall–Kier alpha value is -2.72. The summed E-state index contributed by atoms with van der Waals surface area (Å²) in [4.78, 5) is 39.7. The Bertz CT molecular complexity index is 986. The molecule has 0 radical (unpaired) electrons. The third-order valence-corrected chi connectivity index (χ3v) is 6.40. The smallest absolute Gasteiger partial charge is 0.286 e. The minimum Gasteiger partial charge on any atom is -0.408 e. The molecule has 34 heavy (non-hydrogen) atoms. The number of piperidine rings is 1. The first-order chi connectivity index (χ1) is 16.2. The first kappa shape index (κ1) is 25.9. The minimum atomic E-state index is -1.12. The van der Waals surface area contributed by atoms with E-state index in [9.17, 15) is 14.4 Å². The van der Waals surface area contributed by atoms with Gasteiger partial charge in [0.1, 0.15) is 5.54 Å². The van der Waals surface area contributed by atoms with Crippen molar-refractivity contribution in [1.82, 2.24) is 26.1 Å². The summed E-state index contributed by atoms with van der Waals surface area (Å²) >= 11 is 1.37. The fourth-order valence-corrected chi connectivity index (χ4v) is 4.47. The average molecular weight is 488 g/mol. The standard InChI is InChI=1S/C24H33N5O4S/c1-15(2)14-18(19(30)21-28-29-23(33-21)34-16(3)4)26-22(32)24(10-12-25-13-11-24)27-20(31)17-8-6-5-7-9-17/h5-9,15-16,18,25H,10-14H2,1-4H3,(H,26,32)(H,27,31). The summed E-state index contributed by atoms with van der Waals surface area (Å²) in [7, 11) is 0. The van der Waals surface area contributed by atoms with E-state index in [4.69, 9.17) is 4.42 Å². The quantitative estimate of drug-likeness (QED) is 0.345. The first-order valence-electron chi connectivity index (χ1n) is 11.6. The Kier molecular flexibility index (Phi) is 8.84. The lowest BCUT2D eigenvalue weighted by molar-refractivity contribution is -0.129. The van der Waals surface area contributed by atoms with Crippen LogP contribution in [-0.4, -0.2) is 57.7 Å². The maximum atomic E-state index is 13.6. The molecule has 0 spiro atoms. The second kappa shape index (κ2) is 11.6. The van der Waals surface area contributed by atoms with Crippen molar-refractivity contribution in [2.75, 3.05) is 13.1 Å². The van der Waals surface area contributed by atoms with E-state index in [2.05, 4.69) is 26.1 Å². The summed E-state index contributed by atoms with van der Waals surface area (Å²) < 4.78 is 5.55. The van der Waals surface area contributed by atoms with Gasteiger partial charge in [0.15, 0.2) is 0 Å². The van der Waals surface area contributed by atoms with Gasteiger partial charge < -0.3 is 20.4 Å². The number of ketones is 1. The molecule has 1 unspecified atom stereocenters. The Morgan fingerprint density at radius 2 is 1.76 bits per heavy atom. The van der Waals surface area contributed by atoms with Gasteiger partial charge in [0.2, 0.25) is 11.7 Å². The van der Waals surface area contributed by atoms with Crippen LogP contribution in [0.5, 0.6) is 0 Å². The van der Waals surface area contributed by atoms with E-state index in [0.29, 0.717) is 43.1 Å². The van der Waals surface area contributed by atoms with Crippen molar-refractivity contribution in [2.24, 2.45) is 5.92 Å². The van der Waals surface area contributed by atoms with Crippen LogP contribution in [0.4, 0.5) is 0 Å². The van der Waals surface area contributed by atoms with Gasteiger partial charge in [0.05, 0.1) is 6.04 Å². The van der Waals surface area contributed by atoms with Crippen molar-refractivity contribution in [1.29, 1.82) is 0 Å². The monoisotopic (exact) mass is 487 g/mol. The van der Waals surface area contributed by atoms with Crippen molar-refractivity contribution in [2.45, 2.75) is 69.0 Å². The number of hydrogen-bond acceptors (Lipinski definition) is 8. The molecular weight excluding hydrogens is 454 g/mol. The molecule has 2 aromatic rings. The van der Waals surface area contributed by atoms with E-state index in [1.165, 1.54) is 11.8 Å². The molecule has 1 aromatic heterocycles. The fraction of sp³-hybridized carbons (Fsp3) is 0.542. The van der Waals surface area contributed by atoms with Crippen LogP contribution in [0.1, 0.15) is 68.0 Å². The number of benzene rings is 1. The Labute approximate surface area is 204 Å². The Morgan fingerprint density at radius 3 is 2.38 bits per heavy atom. The van der Waals surface area contributed by atoms with Crippen LogP contribution in [0.15, 0.2) is 40.0 Å². The maximum absolute atomic E-state index is 13.6. The third-order valence-electron chi connectivity index (χ3n) is 5.56. The predicted molar refractivity (Wildman–Crippen MR) is 130 cm³/mol. The highest BCUT2D eigenvalue weighted by atomic mass is 32.2. The number of aromatic nitrogens is 2. The molecule has 1 aliphatic rings. The molecule has 1 saturated heterocycles. The topological polar surface area (TPSA) is 126 Å². The van der Waals surface area contributed by atoms with Crippen molar-refractivity contribution >= 4 is 29.4 Å². The van der Waals surface area contributed by atoms with Crippen molar-refractivity contribution in [3.63, 3.8) is 0 Å². The van der Waals surface area contributed by atoms with Gasteiger partial charge in [-0.15, -0.1) is 10.2 Å². The van der Waals surface area contributed by atoms with Gasteiger partial charge in [-0.05, 0) is 50.4 Å². The molecule has 2 heterocycles. The number of Topliss-reactive ketones (excluding diaryl/α,β-unsaturated/α-hetero) is 1. The molecule has 1 atom stereocenters. The largest absolute Gasteiger partial charge is 0.408 e. The van der Waals surface area contributed by atoms with E-state index < -0.39 is 17.4 Å². The number of hydrogen-bond donors (Lipinski definition) is 3. The lowest BCUT2D eigenvalue weighted by Gasteiger charge is -2.38. The van der Waals surface area contributed by atoms with E-state index in [1.807, 2.05) is 33.8 Å². The van der Waals surface area contributed by atoms with Crippen molar-refractivity contribution < 1.29 is 18.8 Å². The molecule has 9 nitrogen and oxygen atoms in total. The number of nitrogens with zero attached hydrogens (tertiary/aromatic N) is 2. The van der Waals surface area contributed by atoms with Gasteiger partial charge in [0, 0.05) is 10.8 Å². The first-order valence-corrected chi connectivity index (χ1v) is 12.5. The van der Waals surface area contributed by atoms with Crippen LogP contribution in [0.25, 0.3) is 0 Å². The van der Waals surface area contributed by atoms with E-state index in [-0.39, 0.29) is 28.9 Å². The summed E-state index contributed by atoms with van der Waals surface area (Å²) in [5.74, 6) is -1.12. The van der Waals surface area contributed by atoms with Crippen LogP contribution < -0.4 is 16.0 Å². The molecule has 10 heteroatoms. The maximum Gasteiger partial charge on any atom is 0.286 e. The van der Waals surface area contributed by atoms with Crippen molar-refractivity contribution in [3.05, 3.63) is 41.8 Å². The number of rotatable bonds is 10. The molecule has 3 N–H and O–H groups in total. The van der Waals surface area contributed by atoms with E-state index in [0.717, 1.165) is 0 Å². The number of carbonyl (C=O) groups is 3. The SMILES string of the molecule is CC(C)CC(NC(=O)C1(NC(=O)c2ccccc2)CCNCC1)C(=O)c1nnc(SC(C)C)o1. The normalized spacial score (nSPS) is 16.3. The van der Waals surface area contributed by atoms with Gasteiger partial charge in [-0.3, -0.25) is 14.4 Å². The summed E-state index contributed by atoms with van der Waals surface area (Å²) in [5, 5.41) is 17.5. The number of nitrogens with one attached hydrogen (secondary N) is 3. The molecule has 0 bridgehead atoms. The predicted octanol–water partition coefficient (Wildman–Crippen LogP) is 2.84. The van der Waals surface area contributed by atoms with E-state index in [1.54, 1.807) is 24.3 Å². The van der Waals surface area contributed by atoms with Gasteiger partial charge in [-0.1, -0.05) is 57.7 Å². The highest BCUT2D eigenvalue weighted by Gasteiger charge is 2.43. The van der Waals surface area contributed by atoms with Crippen LogP contribution in [0, 0.1) is 5.92 Å². The van der Waals surface area contributed by atoms with Crippen LogP contribution in [0.3, 0.4) is 0 Å². The zero-order chi connectivity index (χ0) is 24.7. The molecule has 0 aliphatic carbocycles. The minimum absolute atomic E-state index is 0.123. The number of amides is 2. The fourth-order valence-electron chi connectivity index (χ4n) is 3.85. The third kappa shape index (κ3) is 6.66. The number of carbonyl (C=O) groups excluding carboxylic acids is 3. The zero-order valence-electron chi connectivity index (χ0n) is 20.1. The van der Waals surface area contributed by atoms with Gasteiger partial charge in [0.25, 0.3) is 17.0 Å². The summed E-state index contributed by atoms with van der Waals surface area (Å²) in [6, 6.07) is 7.94. The van der Waals surface area contributed by atoms with Crippen LogP contribution >= 0.6 is 11.8 Å². The molecule has 2 amide bonds. The molecule has 184 valence electrons. The van der Waals surface area contributed by atoms with Crippen LogP contribution in [0.2, 0.25) is 0 Å². The molecule has 1 aliphatic heterocycles. The molecule has 1 fully saturated rings. The Balaban J connectivity index is 1.80. The summed E-state index contributed by atoms with van der Waals surface area (Å²) in [5.41, 5.74) is -0.648. The molecule has 3 rings (SSSR count). The Morgan fingerprint density at radius 1 is 1.09 bits per heavy atom. The van der Waals surface area contributed by atoms with Crippen LogP contribution in [-0.2, 0) is 4.79 Å². The summed E-state index contributed by atoms with van der Waals surface area (Å²) in [6.07, 6.45) is 1.23. The van der Waals surface area contributed by atoms with Gasteiger partial charge in [-0.2, -0.15) is 0 Å². The average Bonchev–Trinajstić information content (AvgIpc) is 3.26. The zero-order valence-corrected chi connectivity index (χ0v) is 20.9. The second-order valence-corrected chi connectivity index (χ2v) is 10.7. The highest BCUT2D eigenvalue weighted by Crippen LogP contribution is 2.24. The van der Waals surface area contributed by atoms with Gasteiger partial charge >= 0.3 is 0 Å². The van der Waals surface area contributed by atoms with Gasteiger partial charge in [-0.25, -0.2) is 0 Å². The number of thioether (sulfide) groups is 1. The van der Waals surface area contributed by atoms with Crippen molar-refractivity contribution in [3.8, 4) is 0 Å².